The molecule has 3 amide bonds. The van der Waals surface area contributed by atoms with Gasteiger partial charge < -0.3 is 20.1 Å². The van der Waals surface area contributed by atoms with E-state index in [1.807, 2.05) is 32.0 Å². The van der Waals surface area contributed by atoms with Gasteiger partial charge in [-0.25, -0.2) is 5.43 Å². The maximum Gasteiger partial charge on any atom is 0.329 e. The molecule has 0 aliphatic carbocycles. The second-order valence-electron chi connectivity index (χ2n) is 6.97. The predicted molar refractivity (Wildman–Crippen MR) is 121 cm³/mol. The van der Waals surface area contributed by atoms with Crippen LogP contribution in [-0.4, -0.2) is 49.8 Å². The van der Waals surface area contributed by atoms with Gasteiger partial charge in [0.25, 0.3) is 5.91 Å². The third kappa shape index (κ3) is 9.40. The highest BCUT2D eigenvalue weighted by molar-refractivity contribution is 6.35. The van der Waals surface area contributed by atoms with E-state index >= 15 is 0 Å². The van der Waals surface area contributed by atoms with E-state index < -0.39 is 11.8 Å². The Morgan fingerprint density at radius 2 is 1.72 bits per heavy atom. The predicted octanol–water partition coefficient (Wildman–Crippen LogP) is 2.09. The summed E-state index contributed by atoms with van der Waals surface area (Å²) in [7, 11) is 0. The molecule has 0 heterocycles. The Labute approximate surface area is 187 Å². The number of para-hydroxylation sites is 2. The van der Waals surface area contributed by atoms with E-state index in [1.165, 1.54) is 6.21 Å². The zero-order valence-corrected chi connectivity index (χ0v) is 18.2. The Bertz CT molecular complexity index is 916. The highest BCUT2D eigenvalue weighted by Crippen LogP contribution is 2.16. The topological polar surface area (TPSA) is 118 Å². The van der Waals surface area contributed by atoms with E-state index in [-0.39, 0.29) is 18.6 Å². The van der Waals surface area contributed by atoms with Crippen molar-refractivity contribution in [2.24, 2.45) is 5.10 Å². The molecule has 0 radical (unpaired) electrons. The van der Waals surface area contributed by atoms with E-state index in [0.717, 1.165) is 0 Å². The summed E-state index contributed by atoms with van der Waals surface area (Å²) in [4.78, 5) is 35.7. The van der Waals surface area contributed by atoms with Gasteiger partial charge in [-0.15, -0.1) is 0 Å². The van der Waals surface area contributed by atoms with Gasteiger partial charge in [0.05, 0.1) is 12.3 Å². The number of carbonyl (C=O) groups excluding carboxylic acids is 3. The van der Waals surface area contributed by atoms with Crippen LogP contribution in [0.2, 0.25) is 0 Å². The second kappa shape index (κ2) is 13.6. The summed E-state index contributed by atoms with van der Waals surface area (Å²) < 4.78 is 10.9. The smallest absolute Gasteiger partial charge is 0.329 e. The molecule has 9 nitrogen and oxygen atoms in total. The molecular weight excluding hydrogens is 412 g/mol. The van der Waals surface area contributed by atoms with Crippen molar-refractivity contribution in [3.8, 4) is 5.75 Å². The molecule has 0 fully saturated rings. The third-order valence-corrected chi connectivity index (χ3v) is 3.97. The van der Waals surface area contributed by atoms with Crippen LogP contribution in [0.1, 0.15) is 25.8 Å². The largest absolute Gasteiger partial charge is 0.483 e. The number of anilines is 1. The lowest BCUT2D eigenvalue weighted by Crippen LogP contribution is -2.38. The molecule has 2 aromatic rings. The molecule has 2 aromatic carbocycles. The van der Waals surface area contributed by atoms with Crippen LogP contribution in [0.3, 0.4) is 0 Å². The minimum Gasteiger partial charge on any atom is -0.483 e. The summed E-state index contributed by atoms with van der Waals surface area (Å²) in [5, 5.41) is 9.02. The molecule has 0 aliphatic rings. The van der Waals surface area contributed by atoms with E-state index in [0.29, 0.717) is 36.6 Å². The molecule has 0 atom stereocenters. The summed E-state index contributed by atoms with van der Waals surface area (Å²) in [5.74, 6) is -1.57. The number of hydrogen-bond acceptors (Lipinski definition) is 6. The van der Waals surface area contributed by atoms with E-state index in [1.54, 1.807) is 36.4 Å². The highest BCUT2D eigenvalue weighted by Gasteiger charge is 2.12. The quantitative estimate of drug-likeness (QED) is 0.214. The molecule has 0 aromatic heterocycles. The first-order valence-electron chi connectivity index (χ1n) is 10.2. The molecule has 0 bridgehead atoms. The van der Waals surface area contributed by atoms with Gasteiger partial charge in [-0.1, -0.05) is 30.3 Å². The lowest BCUT2D eigenvalue weighted by molar-refractivity contribution is -0.139. The highest BCUT2D eigenvalue weighted by atomic mass is 16.5. The van der Waals surface area contributed by atoms with Crippen molar-refractivity contribution in [3.05, 3.63) is 60.2 Å². The average Bonchev–Trinajstić information content (AvgIpc) is 2.78. The number of benzene rings is 2. The summed E-state index contributed by atoms with van der Waals surface area (Å²) in [6, 6.07) is 15.9. The number of nitrogens with one attached hydrogen (secondary N) is 3. The van der Waals surface area contributed by atoms with Crippen molar-refractivity contribution in [3.63, 3.8) is 0 Å². The van der Waals surface area contributed by atoms with Crippen LogP contribution < -0.4 is 20.8 Å². The lowest BCUT2D eigenvalue weighted by atomic mass is 10.2. The SMILES string of the molecule is CC(C)OCCCNC(=O)C(=O)N/N=C\c1ccccc1OCC(=O)Nc1ccccc1. The third-order valence-electron chi connectivity index (χ3n) is 3.97. The number of carbonyl (C=O) groups is 3. The Balaban J connectivity index is 1.78. The van der Waals surface area contributed by atoms with E-state index in [2.05, 4.69) is 21.2 Å². The van der Waals surface area contributed by atoms with Gasteiger partial charge in [0.2, 0.25) is 0 Å². The standard InChI is InChI=1S/C23H28N4O5/c1-17(2)31-14-8-13-24-22(29)23(30)27-25-15-18-9-6-7-12-20(18)32-16-21(28)26-19-10-4-3-5-11-19/h3-7,9-12,15,17H,8,13-14,16H2,1-2H3,(H,24,29)(H,26,28)(H,27,30)/b25-15-. The van der Waals surface area contributed by atoms with Crippen LogP contribution in [0.4, 0.5) is 5.69 Å². The number of amides is 3. The van der Waals surface area contributed by atoms with Gasteiger partial charge in [-0.05, 0) is 44.5 Å². The van der Waals surface area contributed by atoms with Gasteiger partial charge in [0, 0.05) is 24.4 Å². The van der Waals surface area contributed by atoms with Crippen LogP contribution in [0.5, 0.6) is 5.75 Å². The van der Waals surface area contributed by atoms with E-state index in [9.17, 15) is 14.4 Å². The zero-order valence-electron chi connectivity index (χ0n) is 18.2. The number of nitrogens with zero attached hydrogens (tertiary/aromatic N) is 1. The summed E-state index contributed by atoms with van der Waals surface area (Å²) in [5.41, 5.74) is 3.37. The minimum atomic E-state index is -0.883. The summed E-state index contributed by atoms with van der Waals surface area (Å²) in [6.45, 7) is 4.47. The van der Waals surface area contributed by atoms with Gasteiger partial charge in [0.1, 0.15) is 5.75 Å². The Kier molecular flexibility index (Phi) is 10.4. The van der Waals surface area contributed by atoms with Crippen molar-refractivity contribution in [1.29, 1.82) is 0 Å². The molecule has 0 saturated carbocycles. The van der Waals surface area contributed by atoms with Crippen molar-refractivity contribution in [1.82, 2.24) is 10.7 Å². The van der Waals surface area contributed by atoms with Gasteiger partial charge >= 0.3 is 11.8 Å². The molecule has 2 rings (SSSR count). The summed E-state index contributed by atoms with van der Waals surface area (Å²) >= 11 is 0. The van der Waals surface area contributed by atoms with Crippen LogP contribution in [-0.2, 0) is 19.1 Å². The fourth-order valence-corrected chi connectivity index (χ4v) is 2.47. The average molecular weight is 441 g/mol. The molecular formula is C23H28N4O5. The lowest BCUT2D eigenvalue weighted by Gasteiger charge is -2.09. The van der Waals surface area contributed by atoms with Crippen LogP contribution in [0, 0.1) is 0 Å². The summed E-state index contributed by atoms with van der Waals surface area (Å²) in [6.07, 6.45) is 2.06. The van der Waals surface area contributed by atoms with Crippen molar-refractivity contribution in [2.45, 2.75) is 26.4 Å². The molecule has 0 saturated heterocycles. The zero-order chi connectivity index (χ0) is 23.2. The molecule has 0 spiro atoms. The number of rotatable bonds is 11. The monoisotopic (exact) mass is 440 g/mol. The molecule has 0 unspecified atom stereocenters. The molecule has 0 aliphatic heterocycles. The van der Waals surface area contributed by atoms with Crippen LogP contribution >= 0.6 is 0 Å². The van der Waals surface area contributed by atoms with Crippen molar-refractivity contribution < 1.29 is 23.9 Å². The maximum atomic E-state index is 12.1. The van der Waals surface area contributed by atoms with Gasteiger partial charge in [-0.2, -0.15) is 5.10 Å². The van der Waals surface area contributed by atoms with Crippen molar-refractivity contribution >= 4 is 29.6 Å². The minimum absolute atomic E-state index is 0.119. The van der Waals surface area contributed by atoms with Gasteiger partial charge in [-0.3, -0.25) is 14.4 Å². The first-order valence-corrected chi connectivity index (χ1v) is 10.2. The van der Waals surface area contributed by atoms with Crippen molar-refractivity contribution in [2.75, 3.05) is 25.1 Å². The first kappa shape index (κ1) is 24.5. The Morgan fingerprint density at radius 1 is 1.00 bits per heavy atom. The molecule has 3 N–H and O–H groups in total. The molecule has 170 valence electrons. The first-order chi connectivity index (χ1) is 15.5. The maximum absolute atomic E-state index is 12.1. The molecule has 32 heavy (non-hydrogen) atoms. The number of ether oxygens (including phenoxy) is 2. The Hall–Kier alpha value is -3.72. The van der Waals surface area contributed by atoms with Gasteiger partial charge in [0.15, 0.2) is 6.61 Å². The van der Waals surface area contributed by atoms with Crippen LogP contribution in [0.25, 0.3) is 0 Å². The van der Waals surface area contributed by atoms with E-state index in [4.69, 9.17) is 9.47 Å². The number of hydrogen-bond donors (Lipinski definition) is 3. The normalized spacial score (nSPS) is 10.7. The Morgan fingerprint density at radius 3 is 2.47 bits per heavy atom. The fraction of sp³-hybridized carbons (Fsp3) is 0.304. The van der Waals surface area contributed by atoms with Crippen LogP contribution in [0.15, 0.2) is 59.7 Å². The second-order valence-corrected chi connectivity index (χ2v) is 6.97. The molecule has 9 heteroatoms. The number of hydrazone groups is 1. The fourth-order valence-electron chi connectivity index (χ4n) is 2.47.